The van der Waals surface area contributed by atoms with E-state index in [1.165, 1.54) is 0 Å². The minimum absolute atomic E-state index is 0.0284. The smallest absolute Gasteiger partial charge is 0.252 e. The quantitative estimate of drug-likeness (QED) is 0.887. The van der Waals surface area contributed by atoms with Crippen LogP contribution in [0.5, 0.6) is 0 Å². The van der Waals surface area contributed by atoms with Gasteiger partial charge in [-0.1, -0.05) is 0 Å². The summed E-state index contributed by atoms with van der Waals surface area (Å²) in [6.07, 6.45) is 3.34. The van der Waals surface area contributed by atoms with Crippen molar-refractivity contribution in [1.82, 2.24) is 14.3 Å². The van der Waals surface area contributed by atoms with Crippen LogP contribution < -0.4 is 5.32 Å². The Kier molecular flexibility index (Phi) is 4.32. The van der Waals surface area contributed by atoms with E-state index >= 15 is 0 Å². The molecule has 0 aliphatic heterocycles. The van der Waals surface area contributed by atoms with Gasteiger partial charge in [0.15, 0.2) is 5.82 Å². The van der Waals surface area contributed by atoms with E-state index in [1.54, 1.807) is 12.4 Å². The summed E-state index contributed by atoms with van der Waals surface area (Å²) in [4.78, 5) is 19.6. The number of pyridine rings is 1. The van der Waals surface area contributed by atoms with E-state index in [1.807, 2.05) is 19.1 Å². The summed E-state index contributed by atoms with van der Waals surface area (Å²) in [5.41, 5.74) is 0.867. The number of carbonyl (C=O) groups is 1. The lowest BCUT2D eigenvalue weighted by molar-refractivity contribution is -0.120. The SMILES string of the molecule is CCOCC(=O)Nc1nc(-c2ccncc2)ns1. The van der Waals surface area contributed by atoms with E-state index in [2.05, 4.69) is 19.7 Å². The largest absolute Gasteiger partial charge is 0.372 e. The molecule has 1 amide bonds. The molecule has 1 N–H and O–H groups in total. The van der Waals surface area contributed by atoms with Crippen molar-refractivity contribution in [2.45, 2.75) is 6.92 Å². The van der Waals surface area contributed by atoms with Crippen LogP contribution >= 0.6 is 11.5 Å². The fraction of sp³-hybridized carbons (Fsp3) is 0.273. The summed E-state index contributed by atoms with van der Waals surface area (Å²) < 4.78 is 9.16. The summed E-state index contributed by atoms with van der Waals surface area (Å²) in [5, 5.41) is 3.10. The molecule has 94 valence electrons. The molecule has 0 aromatic carbocycles. The maximum Gasteiger partial charge on any atom is 0.252 e. The van der Waals surface area contributed by atoms with Gasteiger partial charge in [0, 0.05) is 36.1 Å². The van der Waals surface area contributed by atoms with Gasteiger partial charge in [0.05, 0.1) is 0 Å². The lowest BCUT2D eigenvalue weighted by atomic mass is 10.3. The summed E-state index contributed by atoms with van der Waals surface area (Å²) in [7, 11) is 0. The first-order chi connectivity index (χ1) is 8.79. The van der Waals surface area contributed by atoms with Crippen LogP contribution in [0, 0.1) is 0 Å². The van der Waals surface area contributed by atoms with Crippen LogP contribution in [0.2, 0.25) is 0 Å². The fourth-order valence-corrected chi connectivity index (χ4v) is 1.85. The molecule has 0 bridgehead atoms. The topological polar surface area (TPSA) is 77.0 Å². The van der Waals surface area contributed by atoms with Gasteiger partial charge in [-0.05, 0) is 19.1 Å². The zero-order valence-electron chi connectivity index (χ0n) is 9.79. The van der Waals surface area contributed by atoms with Crippen LogP contribution in [0.15, 0.2) is 24.5 Å². The van der Waals surface area contributed by atoms with Crippen molar-refractivity contribution in [3.05, 3.63) is 24.5 Å². The maximum atomic E-state index is 11.4. The molecule has 0 fully saturated rings. The Labute approximate surface area is 108 Å². The van der Waals surface area contributed by atoms with Crippen molar-refractivity contribution < 1.29 is 9.53 Å². The first-order valence-corrected chi connectivity index (χ1v) is 6.18. The third-order valence-electron chi connectivity index (χ3n) is 2.05. The second-order valence-electron chi connectivity index (χ2n) is 3.34. The molecule has 0 spiro atoms. The van der Waals surface area contributed by atoms with E-state index in [-0.39, 0.29) is 12.5 Å². The van der Waals surface area contributed by atoms with Crippen LogP contribution in [0.4, 0.5) is 5.13 Å². The Morgan fingerprint density at radius 1 is 1.44 bits per heavy atom. The highest BCUT2D eigenvalue weighted by molar-refractivity contribution is 7.10. The normalized spacial score (nSPS) is 10.3. The summed E-state index contributed by atoms with van der Waals surface area (Å²) in [5.74, 6) is 0.350. The van der Waals surface area contributed by atoms with Gasteiger partial charge in [0.25, 0.3) is 5.91 Å². The molecule has 2 heterocycles. The van der Waals surface area contributed by atoms with E-state index in [9.17, 15) is 4.79 Å². The lowest BCUT2D eigenvalue weighted by Gasteiger charge is -2.00. The van der Waals surface area contributed by atoms with Gasteiger partial charge in [-0.2, -0.15) is 9.36 Å². The molecular formula is C11H12N4O2S. The van der Waals surface area contributed by atoms with Crippen LogP contribution in [-0.4, -0.2) is 33.5 Å². The third-order valence-corrected chi connectivity index (χ3v) is 2.68. The number of nitrogens with one attached hydrogen (secondary N) is 1. The molecule has 0 atom stereocenters. The van der Waals surface area contributed by atoms with Gasteiger partial charge >= 0.3 is 0 Å². The number of hydrogen-bond acceptors (Lipinski definition) is 6. The lowest BCUT2D eigenvalue weighted by Crippen LogP contribution is -2.17. The number of rotatable bonds is 5. The Balaban J connectivity index is 2.00. The number of nitrogens with zero attached hydrogens (tertiary/aromatic N) is 3. The second kappa shape index (κ2) is 6.18. The molecule has 0 aliphatic carbocycles. The summed E-state index contributed by atoms with van der Waals surface area (Å²) in [6, 6.07) is 3.63. The first kappa shape index (κ1) is 12.6. The number of carbonyl (C=O) groups excluding carboxylic acids is 1. The van der Waals surface area contributed by atoms with Crippen molar-refractivity contribution >= 4 is 22.6 Å². The molecule has 2 aromatic heterocycles. The highest BCUT2D eigenvalue weighted by Gasteiger charge is 2.09. The van der Waals surface area contributed by atoms with Gasteiger partial charge in [0.1, 0.15) is 6.61 Å². The van der Waals surface area contributed by atoms with Crippen LogP contribution in [0.25, 0.3) is 11.4 Å². The number of amides is 1. The van der Waals surface area contributed by atoms with Gasteiger partial charge in [-0.25, -0.2) is 0 Å². The van der Waals surface area contributed by atoms with E-state index < -0.39 is 0 Å². The molecule has 7 heteroatoms. The molecule has 0 saturated heterocycles. The number of ether oxygens (including phenoxy) is 1. The van der Waals surface area contributed by atoms with Crippen molar-refractivity contribution in [3.8, 4) is 11.4 Å². The zero-order chi connectivity index (χ0) is 12.8. The van der Waals surface area contributed by atoms with Gasteiger partial charge in [-0.3, -0.25) is 15.1 Å². The van der Waals surface area contributed by atoms with Gasteiger partial charge < -0.3 is 4.74 Å². The average Bonchev–Trinajstić information content (AvgIpc) is 2.86. The Morgan fingerprint density at radius 3 is 2.94 bits per heavy atom. The van der Waals surface area contributed by atoms with Crippen molar-refractivity contribution in [2.75, 3.05) is 18.5 Å². The fourth-order valence-electron chi connectivity index (χ4n) is 1.24. The first-order valence-electron chi connectivity index (χ1n) is 5.41. The Hall–Kier alpha value is -1.86. The highest BCUT2D eigenvalue weighted by Crippen LogP contribution is 2.19. The molecule has 0 radical (unpaired) electrons. The monoisotopic (exact) mass is 264 g/mol. The zero-order valence-corrected chi connectivity index (χ0v) is 10.6. The van der Waals surface area contributed by atoms with Gasteiger partial charge in [-0.15, -0.1) is 0 Å². The summed E-state index contributed by atoms with van der Waals surface area (Å²) >= 11 is 1.14. The molecular weight excluding hydrogens is 252 g/mol. The van der Waals surface area contributed by atoms with Crippen LogP contribution in [0.1, 0.15) is 6.92 Å². The molecule has 2 aromatic rings. The minimum Gasteiger partial charge on any atom is -0.372 e. The summed E-state index contributed by atoms with van der Waals surface area (Å²) in [6.45, 7) is 2.37. The Morgan fingerprint density at radius 2 is 2.22 bits per heavy atom. The van der Waals surface area contributed by atoms with E-state index in [0.29, 0.717) is 17.6 Å². The molecule has 18 heavy (non-hydrogen) atoms. The number of anilines is 1. The predicted molar refractivity (Wildman–Crippen MR) is 68.3 cm³/mol. The number of hydrogen-bond donors (Lipinski definition) is 1. The average molecular weight is 264 g/mol. The van der Waals surface area contributed by atoms with E-state index in [0.717, 1.165) is 17.1 Å². The van der Waals surface area contributed by atoms with Crippen LogP contribution in [0.3, 0.4) is 0 Å². The van der Waals surface area contributed by atoms with Crippen LogP contribution in [-0.2, 0) is 9.53 Å². The Bertz CT molecular complexity index is 515. The number of aromatic nitrogens is 3. The molecule has 6 nitrogen and oxygen atoms in total. The molecule has 0 unspecified atom stereocenters. The predicted octanol–water partition coefficient (Wildman–Crippen LogP) is 1.58. The van der Waals surface area contributed by atoms with Crippen molar-refractivity contribution in [3.63, 3.8) is 0 Å². The third kappa shape index (κ3) is 3.31. The highest BCUT2D eigenvalue weighted by atomic mass is 32.1. The van der Waals surface area contributed by atoms with E-state index in [4.69, 9.17) is 4.74 Å². The molecule has 0 saturated carbocycles. The second-order valence-corrected chi connectivity index (χ2v) is 4.10. The van der Waals surface area contributed by atoms with Gasteiger partial charge in [0.2, 0.25) is 5.13 Å². The molecule has 2 rings (SSSR count). The standard InChI is InChI=1S/C11H12N4O2S/c1-2-17-7-9(16)13-11-14-10(15-18-11)8-3-5-12-6-4-8/h3-6H,2,7H2,1H3,(H,13,14,15,16). The maximum absolute atomic E-state index is 11.4. The van der Waals surface area contributed by atoms with Crippen molar-refractivity contribution in [2.24, 2.45) is 0 Å². The van der Waals surface area contributed by atoms with Crippen molar-refractivity contribution in [1.29, 1.82) is 0 Å². The minimum atomic E-state index is -0.228. The molecule has 0 aliphatic rings.